The van der Waals surface area contributed by atoms with Crippen molar-refractivity contribution in [3.63, 3.8) is 0 Å². The van der Waals surface area contributed by atoms with Gasteiger partial charge in [0.1, 0.15) is 0 Å². The van der Waals surface area contributed by atoms with Gasteiger partial charge in [-0.25, -0.2) is 0 Å². The van der Waals surface area contributed by atoms with Crippen molar-refractivity contribution in [2.45, 2.75) is 18.4 Å². The van der Waals surface area contributed by atoms with Gasteiger partial charge in [0.05, 0.1) is 34.5 Å². The highest BCUT2D eigenvalue weighted by Crippen LogP contribution is 2.30. The number of nitrogens with zero attached hydrogens (tertiary/aromatic N) is 3. The van der Waals surface area contributed by atoms with Crippen LogP contribution in [0.3, 0.4) is 0 Å². The first-order valence-electron chi connectivity index (χ1n) is 7.73. The number of aromatic nitrogens is 4. The van der Waals surface area contributed by atoms with Crippen LogP contribution in [0.5, 0.6) is 0 Å². The SMILES string of the molecule is Cc1nn(Cc2ccccc2)c2cccc(NSc3cn[nH]c3)c12. The highest BCUT2D eigenvalue weighted by molar-refractivity contribution is 8.00. The molecule has 0 aliphatic heterocycles. The Morgan fingerprint density at radius 3 is 2.79 bits per heavy atom. The van der Waals surface area contributed by atoms with Crippen molar-refractivity contribution in [1.82, 2.24) is 20.0 Å². The molecule has 0 radical (unpaired) electrons. The second kappa shape index (κ2) is 6.41. The van der Waals surface area contributed by atoms with E-state index in [1.807, 2.05) is 12.3 Å². The van der Waals surface area contributed by atoms with E-state index < -0.39 is 0 Å². The van der Waals surface area contributed by atoms with Gasteiger partial charge in [-0.3, -0.25) is 9.78 Å². The molecule has 120 valence electrons. The van der Waals surface area contributed by atoms with Crippen LogP contribution >= 0.6 is 11.9 Å². The molecule has 0 amide bonds. The highest BCUT2D eigenvalue weighted by atomic mass is 32.2. The van der Waals surface area contributed by atoms with Crippen LogP contribution in [0, 0.1) is 6.92 Å². The van der Waals surface area contributed by atoms with Gasteiger partial charge < -0.3 is 4.72 Å². The van der Waals surface area contributed by atoms with Crippen molar-refractivity contribution >= 4 is 28.5 Å². The second-order valence-electron chi connectivity index (χ2n) is 5.57. The molecule has 0 unspecified atom stereocenters. The summed E-state index contributed by atoms with van der Waals surface area (Å²) in [5, 5.41) is 12.7. The summed E-state index contributed by atoms with van der Waals surface area (Å²) in [6.07, 6.45) is 3.66. The lowest BCUT2D eigenvalue weighted by Crippen LogP contribution is -2.01. The number of benzene rings is 2. The maximum atomic E-state index is 4.74. The van der Waals surface area contributed by atoms with E-state index in [-0.39, 0.29) is 0 Å². The van der Waals surface area contributed by atoms with Gasteiger partial charge in [-0.15, -0.1) is 0 Å². The summed E-state index contributed by atoms with van der Waals surface area (Å²) in [7, 11) is 0. The van der Waals surface area contributed by atoms with Crippen LogP contribution in [-0.4, -0.2) is 20.0 Å². The predicted octanol–water partition coefficient (Wildman–Crippen LogP) is 4.24. The average molecular weight is 335 g/mol. The van der Waals surface area contributed by atoms with Gasteiger partial charge in [0, 0.05) is 11.6 Å². The molecule has 0 bridgehead atoms. The molecule has 0 saturated carbocycles. The van der Waals surface area contributed by atoms with E-state index in [1.165, 1.54) is 17.5 Å². The monoisotopic (exact) mass is 335 g/mol. The molecule has 0 fully saturated rings. The third-order valence-electron chi connectivity index (χ3n) is 3.88. The van der Waals surface area contributed by atoms with E-state index in [0.717, 1.165) is 33.7 Å². The topological polar surface area (TPSA) is 58.5 Å². The summed E-state index contributed by atoms with van der Waals surface area (Å²) in [4.78, 5) is 1.04. The lowest BCUT2D eigenvalue weighted by Gasteiger charge is -2.07. The molecule has 2 aromatic carbocycles. The van der Waals surface area contributed by atoms with Gasteiger partial charge in [-0.2, -0.15) is 10.2 Å². The van der Waals surface area contributed by atoms with Crippen LogP contribution in [-0.2, 0) is 6.54 Å². The fraction of sp³-hybridized carbons (Fsp3) is 0.111. The number of H-pyrrole nitrogens is 1. The van der Waals surface area contributed by atoms with Crippen molar-refractivity contribution in [3.8, 4) is 0 Å². The molecule has 2 N–H and O–H groups in total. The number of fused-ring (bicyclic) bond motifs is 1. The van der Waals surface area contributed by atoms with Crippen LogP contribution in [0.25, 0.3) is 10.9 Å². The smallest absolute Gasteiger partial charge is 0.0710 e. The van der Waals surface area contributed by atoms with E-state index in [2.05, 4.69) is 69.0 Å². The van der Waals surface area contributed by atoms with Gasteiger partial charge in [0.2, 0.25) is 0 Å². The van der Waals surface area contributed by atoms with Crippen molar-refractivity contribution in [3.05, 3.63) is 72.2 Å². The molecule has 0 saturated heterocycles. The average Bonchev–Trinajstić information content (AvgIpc) is 3.23. The quantitative estimate of drug-likeness (QED) is 0.536. The third kappa shape index (κ3) is 2.88. The Kier molecular flexibility index (Phi) is 3.96. The molecule has 0 spiro atoms. The van der Waals surface area contributed by atoms with Crippen LogP contribution in [0.2, 0.25) is 0 Å². The zero-order valence-electron chi connectivity index (χ0n) is 13.2. The fourth-order valence-electron chi connectivity index (χ4n) is 2.79. The Labute approximate surface area is 144 Å². The molecule has 2 aromatic heterocycles. The van der Waals surface area contributed by atoms with Crippen LogP contribution < -0.4 is 4.72 Å². The number of nitrogens with one attached hydrogen (secondary N) is 2. The van der Waals surface area contributed by atoms with E-state index in [1.54, 1.807) is 6.20 Å². The third-order valence-corrected chi connectivity index (χ3v) is 4.66. The molecule has 5 nitrogen and oxygen atoms in total. The lowest BCUT2D eigenvalue weighted by molar-refractivity contribution is 0.703. The minimum Gasteiger partial charge on any atom is -0.325 e. The summed E-state index contributed by atoms with van der Waals surface area (Å²) in [5.74, 6) is 0. The van der Waals surface area contributed by atoms with Crippen molar-refractivity contribution in [2.24, 2.45) is 0 Å². The Morgan fingerprint density at radius 2 is 2.00 bits per heavy atom. The minimum atomic E-state index is 0.767. The van der Waals surface area contributed by atoms with E-state index in [4.69, 9.17) is 5.10 Å². The summed E-state index contributed by atoms with van der Waals surface area (Å²) < 4.78 is 5.47. The van der Waals surface area contributed by atoms with Crippen LogP contribution in [0.1, 0.15) is 11.3 Å². The number of anilines is 1. The first-order chi connectivity index (χ1) is 11.8. The Hall–Kier alpha value is -2.73. The zero-order chi connectivity index (χ0) is 16.4. The molecule has 6 heteroatoms. The number of aryl methyl sites for hydroxylation is 1. The first-order valence-corrected chi connectivity index (χ1v) is 8.54. The summed E-state index contributed by atoms with van der Waals surface area (Å²) in [5.41, 5.74) is 4.47. The molecule has 4 rings (SSSR count). The molecular weight excluding hydrogens is 318 g/mol. The maximum Gasteiger partial charge on any atom is 0.0710 e. The van der Waals surface area contributed by atoms with Crippen molar-refractivity contribution in [2.75, 3.05) is 4.72 Å². The summed E-state index contributed by atoms with van der Waals surface area (Å²) in [6.45, 7) is 2.82. The molecule has 2 heterocycles. The lowest BCUT2D eigenvalue weighted by atomic mass is 10.2. The predicted molar refractivity (Wildman–Crippen MR) is 98.1 cm³/mol. The Bertz CT molecular complexity index is 944. The standard InChI is InChI=1S/C18H17N5S/c1-13-18-16(22-24-15-10-19-20-11-15)8-5-9-17(18)23(21-13)12-14-6-3-2-4-7-14/h2-11,22H,12H2,1H3,(H,19,20). The number of rotatable bonds is 5. The second-order valence-corrected chi connectivity index (χ2v) is 6.45. The van der Waals surface area contributed by atoms with Gasteiger partial charge in [0.25, 0.3) is 0 Å². The minimum absolute atomic E-state index is 0.767. The maximum absolute atomic E-state index is 4.74. The molecule has 24 heavy (non-hydrogen) atoms. The normalized spacial score (nSPS) is 11.0. The molecule has 0 aliphatic rings. The fourth-order valence-corrected chi connectivity index (χ4v) is 3.41. The summed E-state index contributed by atoms with van der Waals surface area (Å²) >= 11 is 1.54. The highest BCUT2D eigenvalue weighted by Gasteiger charge is 2.12. The molecular formula is C18H17N5S. The number of hydrogen-bond donors (Lipinski definition) is 2. The van der Waals surface area contributed by atoms with Crippen LogP contribution in [0.4, 0.5) is 5.69 Å². The van der Waals surface area contributed by atoms with Gasteiger partial charge in [-0.05, 0) is 36.6 Å². The molecule has 0 atom stereocenters. The van der Waals surface area contributed by atoms with Crippen molar-refractivity contribution in [1.29, 1.82) is 0 Å². The van der Waals surface area contributed by atoms with Crippen molar-refractivity contribution < 1.29 is 0 Å². The van der Waals surface area contributed by atoms with Crippen LogP contribution in [0.15, 0.2) is 65.8 Å². The van der Waals surface area contributed by atoms with Gasteiger partial charge in [0.15, 0.2) is 0 Å². The number of aromatic amines is 1. The Balaban J connectivity index is 1.67. The van der Waals surface area contributed by atoms with Gasteiger partial charge >= 0.3 is 0 Å². The first kappa shape index (κ1) is 14.8. The largest absolute Gasteiger partial charge is 0.325 e. The summed E-state index contributed by atoms with van der Waals surface area (Å²) in [6, 6.07) is 16.7. The molecule has 4 aromatic rings. The van der Waals surface area contributed by atoms with E-state index in [9.17, 15) is 0 Å². The van der Waals surface area contributed by atoms with E-state index >= 15 is 0 Å². The van der Waals surface area contributed by atoms with Gasteiger partial charge in [-0.1, -0.05) is 36.4 Å². The zero-order valence-corrected chi connectivity index (χ0v) is 14.0. The number of hydrogen-bond acceptors (Lipinski definition) is 4. The van der Waals surface area contributed by atoms with E-state index in [0.29, 0.717) is 0 Å². The Morgan fingerprint density at radius 1 is 1.12 bits per heavy atom. The molecule has 0 aliphatic carbocycles.